The molecule has 0 aliphatic carbocycles. The summed E-state index contributed by atoms with van der Waals surface area (Å²) in [6.45, 7) is 0. The van der Waals surface area contributed by atoms with Crippen molar-refractivity contribution in [1.82, 2.24) is 0 Å². The summed E-state index contributed by atoms with van der Waals surface area (Å²) >= 11 is 0. The highest BCUT2D eigenvalue weighted by Crippen LogP contribution is 2.21. The first-order valence-corrected chi connectivity index (χ1v) is 7.22. The van der Waals surface area contributed by atoms with Crippen molar-refractivity contribution in [3.05, 3.63) is 59.2 Å². The standard InChI is InChI=1S/C14H12F2N2O2S/c15-10-3-4-11(16)13(6-10)21(20)7-9-2-1-8(14(18)19)5-12(9)17/h1-6H,7,17H2,(H2,18,19). The molecule has 0 aliphatic rings. The van der Waals surface area contributed by atoms with E-state index in [0.29, 0.717) is 5.56 Å². The molecule has 4 N–H and O–H groups in total. The molecular weight excluding hydrogens is 298 g/mol. The van der Waals surface area contributed by atoms with Gasteiger partial charge in [-0.3, -0.25) is 9.00 Å². The van der Waals surface area contributed by atoms with E-state index in [2.05, 4.69) is 0 Å². The van der Waals surface area contributed by atoms with Gasteiger partial charge in [-0.05, 0) is 35.9 Å². The maximum Gasteiger partial charge on any atom is 0.248 e. The van der Waals surface area contributed by atoms with Crippen LogP contribution in [0, 0.1) is 11.6 Å². The van der Waals surface area contributed by atoms with E-state index >= 15 is 0 Å². The molecule has 4 nitrogen and oxygen atoms in total. The quantitative estimate of drug-likeness (QED) is 0.846. The van der Waals surface area contributed by atoms with E-state index in [9.17, 15) is 17.8 Å². The minimum absolute atomic E-state index is 0.0920. The van der Waals surface area contributed by atoms with Crippen molar-refractivity contribution in [2.45, 2.75) is 10.6 Å². The number of halogens is 2. The molecule has 2 rings (SSSR count). The van der Waals surface area contributed by atoms with Crippen molar-refractivity contribution in [3.63, 3.8) is 0 Å². The first-order chi connectivity index (χ1) is 9.88. The van der Waals surface area contributed by atoms with Crippen molar-refractivity contribution in [2.24, 2.45) is 5.73 Å². The van der Waals surface area contributed by atoms with Crippen LogP contribution < -0.4 is 11.5 Å². The Labute approximate surface area is 122 Å². The Morgan fingerprint density at radius 2 is 1.86 bits per heavy atom. The minimum Gasteiger partial charge on any atom is -0.398 e. The van der Waals surface area contributed by atoms with Crippen LogP contribution in [0.4, 0.5) is 14.5 Å². The molecule has 0 aromatic heterocycles. The number of hydrogen-bond acceptors (Lipinski definition) is 3. The van der Waals surface area contributed by atoms with E-state index in [1.165, 1.54) is 18.2 Å². The molecule has 1 unspecified atom stereocenters. The summed E-state index contributed by atoms with van der Waals surface area (Å²) in [6, 6.07) is 7.04. The Hall–Kier alpha value is -2.28. The van der Waals surface area contributed by atoms with Gasteiger partial charge in [0.25, 0.3) is 0 Å². The van der Waals surface area contributed by atoms with E-state index in [1.807, 2.05) is 0 Å². The van der Waals surface area contributed by atoms with Crippen LogP contribution in [-0.2, 0) is 16.6 Å². The lowest BCUT2D eigenvalue weighted by Crippen LogP contribution is -2.12. The molecule has 1 amide bonds. The largest absolute Gasteiger partial charge is 0.398 e. The van der Waals surface area contributed by atoms with E-state index in [-0.39, 0.29) is 21.9 Å². The van der Waals surface area contributed by atoms with Crippen LogP contribution in [-0.4, -0.2) is 10.1 Å². The molecule has 0 bridgehead atoms. The number of nitrogens with two attached hydrogens (primary N) is 2. The van der Waals surface area contributed by atoms with Crippen LogP contribution in [0.1, 0.15) is 15.9 Å². The first kappa shape index (κ1) is 15.1. The number of primary amides is 1. The van der Waals surface area contributed by atoms with Crippen LogP contribution in [0.3, 0.4) is 0 Å². The molecule has 0 fully saturated rings. The molecule has 0 saturated heterocycles. The zero-order chi connectivity index (χ0) is 15.6. The van der Waals surface area contributed by atoms with Gasteiger partial charge in [0, 0.05) is 11.3 Å². The number of nitrogen functional groups attached to an aromatic ring is 1. The van der Waals surface area contributed by atoms with Crippen LogP contribution in [0.5, 0.6) is 0 Å². The molecule has 7 heteroatoms. The second-order valence-corrected chi connectivity index (χ2v) is 5.76. The Morgan fingerprint density at radius 1 is 1.14 bits per heavy atom. The number of benzene rings is 2. The van der Waals surface area contributed by atoms with Gasteiger partial charge < -0.3 is 11.5 Å². The maximum absolute atomic E-state index is 13.5. The molecule has 0 aliphatic heterocycles. The summed E-state index contributed by atoms with van der Waals surface area (Å²) in [4.78, 5) is 10.8. The highest BCUT2D eigenvalue weighted by Gasteiger charge is 2.14. The van der Waals surface area contributed by atoms with Crippen LogP contribution >= 0.6 is 0 Å². The van der Waals surface area contributed by atoms with Gasteiger partial charge in [-0.15, -0.1) is 0 Å². The van der Waals surface area contributed by atoms with Crippen LogP contribution in [0.25, 0.3) is 0 Å². The average molecular weight is 310 g/mol. The lowest BCUT2D eigenvalue weighted by molar-refractivity contribution is 0.100. The third-order valence-corrected chi connectivity index (χ3v) is 4.23. The number of amides is 1. The molecular formula is C14H12F2N2O2S. The predicted molar refractivity (Wildman–Crippen MR) is 75.8 cm³/mol. The molecule has 0 radical (unpaired) electrons. The molecule has 21 heavy (non-hydrogen) atoms. The monoisotopic (exact) mass is 310 g/mol. The number of carbonyl (C=O) groups is 1. The zero-order valence-electron chi connectivity index (χ0n) is 10.8. The summed E-state index contributed by atoms with van der Waals surface area (Å²) < 4.78 is 38.7. The molecule has 0 heterocycles. The van der Waals surface area contributed by atoms with Crippen molar-refractivity contribution >= 4 is 22.4 Å². The van der Waals surface area contributed by atoms with Gasteiger partial charge in [-0.1, -0.05) is 6.07 Å². The van der Waals surface area contributed by atoms with Crippen LogP contribution in [0.15, 0.2) is 41.3 Å². The Bertz CT molecular complexity index is 735. The molecule has 2 aromatic rings. The number of rotatable bonds is 4. The summed E-state index contributed by atoms with van der Waals surface area (Å²) in [5.74, 6) is -2.14. The second kappa shape index (κ2) is 6.01. The van der Waals surface area contributed by atoms with Gasteiger partial charge in [-0.2, -0.15) is 0 Å². The summed E-state index contributed by atoms with van der Waals surface area (Å²) in [5, 5.41) is 0. The fourth-order valence-electron chi connectivity index (χ4n) is 1.75. The third kappa shape index (κ3) is 3.43. The van der Waals surface area contributed by atoms with Gasteiger partial charge in [0.05, 0.1) is 21.4 Å². The smallest absolute Gasteiger partial charge is 0.248 e. The number of hydrogen-bond donors (Lipinski definition) is 2. The van der Waals surface area contributed by atoms with Gasteiger partial charge >= 0.3 is 0 Å². The number of anilines is 1. The molecule has 2 aromatic carbocycles. The first-order valence-electron chi connectivity index (χ1n) is 5.90. The van der Waals surface area contributed by atoms with Crippen molar-refractivity contribution in [3.8, 4) is 0 Å². The summed E-state index contributed by atoms with van der Waals surface area (Å²) in [6.07, 6.45) is 0. The highest BCUT2D eigenvalue weighted by molar-refractivity contribution is 7.84. The molecule has 110 valence electrons. The summed E-state index contributed by atoms with van der Waals surface area (Å²) in [7, 11) is -1.80. The number of carbonyl (C=O) groups excluding carboxylic acids is 1. The molecule has 1 atom stereocenters. The Morgan fingerprint density at radius 3 is 2.48 bits per heavy atom. The van der Waals surface area contributed by atoms with Gasteiger partial charge in [0.2, 0.25) is 5.91 Å². The fraction of sp³-hybridized carbons (Fsp3) is 0.0714. The lowest BCUT2D eigenvalue weighted by Gasteiger charge is -2.08. The van der Waals surface area contributed by atoms with Gasteiger partial charge in [-0.25, -0.2) is 8.78 Å². The molecule has 0 spiro atoms. The summed E-state index contributed by atoms with van der Waals surface area (Å²) in [5.41, 5.74) is 11.8. The average Bonchev–Trinajstić information content (AvgIpc) is 2.43. The van der Waals surface area contributed by atoms with Gasteiger partial charge in [0.15, 0.2) is 0 Å². The SMILES string of the molecule is NC(=O)c1ccc(CS(=O)c2cc(F)ccc2F)c(N)c1. The Balaban J connectivity index is 2.27. The van der Waals surface area contributed by atoms with Gasteiger partial charge in [0.1, 0.15) is 11.6 Å². The Kier molecular flexibility index (Phi) is 4.32. The highest BCUT2D eigenvalue weighted by atomic mass is 32.2. The lowest BCUT2D eigenvalue weighted by atomic mass is 10.1. The zero-order valence-corrected chi connectivity index (χ0v) is 11.6. The van der Waals surface area contributed by atoms with E-state index in [1.54, 1.807) is 0 Å². The second-order valence-electron chi connectivity index (χ2n) is 4.34. The van der Waals surface area contributed by atoms with Crippen molar-refractivity contribution in [1.29, 1.82) is 0 Å². The minimum atomic E-state index is -1.80. The van der Waals surface area contributed by atoms with E-state index in [0.717, 1.165) is 18.2 Å². The van der Waals surface area contributed by atoms with Crippen molar-refractivity contribution < 1.29 is 17.8 Å². The van der Waals surface area contributed by atoms with E-state index in [4.69, 9.17) is 11.5 Å². The van der Waals surface area contributed by atoms with Crippen LogP contribution in [0.2, 0.25) is 0 Å². The fourth-order valence-corrected chi connectivity index (χ4v) is 2.98. The van der Waals surface area contributed by atoms with E-state index < -0.39 is 28.3 Å². The van der Waals surface area contributed by atoms with Crippen molar-refractivity contribution in [2.75, 3.05) is 5.73 Å². The predicted octanol–water partition coefficient (Wildman–Crippen LogP) is 1.95. The normalized spacial score (nSPS) is 12.1. The molecule has 0 saturated carbocycles. The third-order valence-electron chi connectivity index (χ3n) is 2.86. The maximum atomic E-state index is 13.5. The topological polar surface area (TPSA) is 86.2 Å².